The van der Waals surface area contributed by atoms with Gasteiger partial charge >= 0.3 is 8.25 Å². The molecule has 0 saturated carbocycles. The average Bonchev–Trinajstić information content (AvgIpc) is 2.53. The molecule has 0 aromatic carbocycles. The van der Waals surface area contributed by atoms with Crippen LogP contribution >= 0.6 is 8.25 Å². The molecular formula is C10H25LaN2O3P. The van der Waals surface area contributed by atoms with Gasteiger partial charge in [-0.25, -0.2) is 0 Å². The molecule has 0 aliphatic carbocycles. The van der Waals surface area contributed by atoms with Gasteiger partial charge in [0.05, 0.1) is 13.2 Å². The molecule has 0 atom stereocenters. The van der Waals surface area contributed by atoms with Crippen LogP contribution in [0.3, 0.4) is 0 Å². The van der Waals surface area contributed by atoms with Crippen molar-refractivity contribution in [2.75, 3.05) is 26.3 Å². The fraction of sp³-hybridized carbons (Fsp3) is 1.00. The van der Waals surface area contributed by atoms with E-state index in [0.29, 0.717) is 13.2 Å². The summed E-state index contributed by atoms with van der Waals surface area (Å²) in [5.74, 6) is 0. The topological polar surface area (TPSA) is 87.6 Å². The predicted octanol–water partition coefficient (Wildman–Crippen LogP) is 1.67. The van der Waals surface area contributed by atoms with Crippen molar-refractivity contribution in [2.24, 2.45) is 11.5 Å². The molecule has 5 nitrogen and oxygen atoms in total. The largest absolute Gasteiger partial charge is 0.330 e. The Kier molecular flexibility index (Phi) is 20.9. The molecule has 0 unspecified atom stereocenters. The van der Waals surface area contributed by atoms with Crippen LogP contribution in [0.2, 0.25) is 0 Å². The Morgan fingerprint density at radius 2 is 1.29 bits per heavy atom. The third-order valence-electron chi connectivity index (χ3n) is 2.14. The molecule has 0 amide bonds. The molecule has 1 heterocycles. The van der Waals surface area contributed by atoms with Gasteiger partial charge < -0.3 is 20.5 Å². The van der Waals surface area contributed by atoms with E-state index in [4.69, 9.17) is 20.5 Å². The van der Waals surface area contributed by atoms with Crippen LogP contribution < -0.4 is 11.5 Å². The van der Waals surface area contributed by atoms with E-state index < -0.39 is 8.25 Å². The van der Waals surface area contributed by atoms with E-state index in [1.165, 1.54) is 12.8 Å². The molecular weight excluding hydrogens is 366 g/mol. The monoisotopic (exact) mass is 391 g/mol. The van der Waals surface area contributed by atoms with Crippen LogP contribution in [-0.2, 0) is 13.6 Å². The fourth-order valence-corrected chi connectivity index (χ4v) is 1.90. The second kappa shape index (κ2) is 17.3. The van der Waals surface area contributed by atoms with Crippen molar-refractivity contribution in [3.8, 4) is 0 Å². The van der Waals surface area contributed by atoms with Crippen LogP contribution in [0.4, 0.5) is 0 Å². The van der Waals surface area contributed by atoms with Gasteiger partial charge in [-0.3, -0.25) is 4.57 Å². The summed E-state index contributed by atoms with van der Waals surface area (Å²) >= 11 is 0. The zero-order valence-corrected chi connectivity index (χ0v) is 15.2. The molecule has 0 bridgehead atoms. The van der Waals surface area contributed by atoms with Crippen LogP contribution in [0.5, 0.6) is 0 Å². The minimum atomic E-state index is -2.08. The van der Waals surface area contributed by atoms with E-state index >= 15 is 0 Å². The second-order valence-corrected chi connectivity index (χ2v) is 4.72. The first-order chi connectivity index (χ1) is 7.81. The van der Waals surface area contributed by atoms with Gasteiger partial charge in [0.1, 0.15) is 0 Å². The summed E-state index contributed by atoms with van der Waals surface area (Å²) in [7, 11) is -2.08. The standard InChI is InChI=1S/C6H16N2.C4H9O3P.La/c7-5-3-1-2-4-6-8;5-8-6-3-1-2-4-7-8;/h1-8H2;8H,1-4H2;. The number of unbranched alkanes of at least 4 members (excludes halogenated alkanes) is 3. The first-order valence-corrected chi connectivity index (χ1v) is 7.23. The van der Waals surface area contributed by atoms with Crippen LogP contribution in [0.1, 0.15) is 38.5 Å². The quantitative estimate of drug-likeness (QED) is 0.550. The maximum Gasteiger partial charge on any atom is 0.319 e. The predicted molar refractivity (Wildman–Crippen MR) is 66.7 cm³/mol. The molecule has 1 aliphatic rings. The minimum absolute atomic E-state index is 0. The van der Waals surface area contributed by atoms with E-state index in [0.717, 1.165) is 38.8 Å². The van der Waals surface area contributed by atoms with Crippen molar-refractivity contribution < 1.29 is 49.2 Å². The van der Waals surface area contributed by atoms with E-state index in [1.807, 2.05) is 0 Å². The summed E-state index contributed by atoms with van der Waals surface area (Å²) in [5, 5.41) is 0. The van der Waals surface area contributed by atoms with E-state index in [-0.39, 0.29) is 35.6 Å². The van der Waals surface area contributed by atoms with E-state index in [9.17, 15) is 4.57 Å². The number of hydrogen-bond acceptors (Lipinski definition) is 5. The van der Waals surface area contributed by atoms with Gasteiger partial charge in [0.2, 0.25) is 0 Å². The van der Waals surface area contributed by atoms with Gasteiger partial charge in [-0.1, -0.05) is 12.8 Å². The third-order valence-corrected chi connectivity index (χ3v) is 3.02. The Morgan fingerprint density at radius 3 is 1.65 bits per heavy atom. The van der Waals surface area contributed by atoms with E-state index in [2.05, 4.69) is 0 Å². The molecule has 1 aliphatic heterocycles. The molecule has 0 spiro atoms. The van der Waals surface area contributed by atoms with E-state index in [1.54, 1.807) is 0 Å². The molecule has 1 fully saturated rings. The van der Waals surface area contributed by atoms with Crippen LogP contribution in [0.15, 0.2) is 0 Å². The molecule has 1 radical (unpaired) electrons. The van der Waals surface area contributed by atoms with Crippen molar-refractivity contribution in [2.45, 2.75) is 38.5 Å². The zero-order valence-electron chi connectivity index (χ0n) is 10.5. The molecule has 0 aromatic heterocycles. The molecule has 17 heavy (non-hydrogen) atoms. The summed E-state index contributed by atoms with van der Waals surface area (Å²) in [4.78, 5) is 0. The molecule has 101 valence electrons. The smallest absolute Gasteiger partial charge is 0.319 e. The molecule has 4 N–H and O–H groups in total. The number of rotatable bonds is 5. The SMILES string of the molecule is NCCCCCCN.O=[PH]1OCCCCO1.[La]. The maximum atomic E-state index is 10.4. The minimum Gasteiger partial charge on any atom is -0.330 e. The van der Waals surface area contributed by atoms with Crippen molar-refractivity contribution in [3.63, 3.8) is 0 Å². The summed E-state index contributed by atoms with van der Waals surface area (Å²) in [6.45, 7) is 2.84. The van der Waals surface area contributed by atoms with Crippen LogP contribution in [0.25, 0.3) is 0 Å². The van der Waals surface area contributed by atoms with Gasteiger partial charge in [-0.2, -0.15) is 0 Å². The molecule has 7 heteroatoms. The molecule has 1 rings (SSSR count). The van der Waals surface area contributed by atoms with Crippen molar-refractivity contribution in [1.82, 2.24) is 0 Å². The number of hydrogen-bond donors (Lipinski definition) is 2. The zero-order chi connectivity index (χ0) is 12.1. The summed E-state index contributed by atoms with van der Waals surface area (Å²) in [6.07, 6.45) is 6.73. The summed E-state index contributed by atoms with van der Waals surface area (Å²) in [5.41, 5.74) is 10.6. The Morgan fingerprint density at radius 1 is 0.882 bits per heavy atom. The normalized spacial score (nSPS) is 16.4. The third kappa shape index (κ3) is 17.3. The van der Waals surface area contributed by atoms with Gasteiger partial charge in [0.15, 0.2) is 0 Å². The second-order valence-electron chi connectivity index (χ2n) is 3.65. The maximum absolute atomic E-state index is 10.4. The van der Waals surface area contributed by atoms with Gasteiger partial charge in [-0.15, -0.1) is 0 Å². The summed E-state index contributed by atoms with van der Waals surface area (Å²) in [6, 6.07) is 0. The van der Waals surface area contributed by atoms with Gasteiger partial charge in [0.25, 0.3) is 0 Å². The van der Waals surface area contributed by atoms with Crippen molar-refractivity contribution in [1.29, 1.82) is 0 Å². The fourth-order valence-electron chi connectivity index (χ4n) is 1.20. The first kappa shape index (κ1) is 20.6. The van der Waals surface area contributed by atoms with Crippen molar-refractivity contribution in [3.05, 3.63) is 0 Å². The first-order valence-electron chi connectivity index (χ1n) is 6.01. The number of nitrogens with two attached hydrogens (primary N) is 2. The molecule has 1 saturated heterocycles. The van der Waals surface area contributed by atoms with Crippen LogP contribution in [0, 0.1) is 35.6 Å². The Balaban J connectivity index is 0. The average molecular weight is 391 g/mol. The van der Waals surface area contributed by atoms with Gasteiger partial charge in [0, 0.05) is 35.6 Å². The van der Waals surface area contributed by atoms with Crippen molar-refractivity contribution >= 4 is 8.25 Å². The Bertz CT molecular complexity index is 160. The Labute approximate surface area is 133 Å². The van der Waals surface area contributed by atoms with Crippen LogP contribution in [-0.4, -0.2) is 26.3 Å². The summed E-state index contributed by atoms with van der Waals surface area (Å²) < 4.78 is 19.9. The van der Waals surface area contributed by atoms with Gasteiger partial charge in [-0.05, 0) is 38.8 Å². The molecule has 0 aromatic rings. The Hall–Kier alpha value is 1.26.